The van der Waals surface area contributed by atoms with Gasteiger partial charge < -0.3 is 50.8 Å². The molecule has 1 aromatic heterocycles. The van der Waals surface area contributed by atoms with Crippen LogP contribution in [0.2, 0.25) is 0 Å². The van der Waals surface area contributed by atoms with Gasteiger partial charge in [-0.25, -0.2) is 13.2 Å². The number of carbonyl (C=O) groups is 10. The summed E-state index contributed by atoms with van der Waals surface area (Å²) in [6, 6.07) is -2.35. The molecule has 0 aliphatic rings. The highest BCUT2D eigenvalue weighted by Gasteiger charge is 2.26. The zero-order chi connectivity index (χ0) is 63.9. The smallest absolute Gasteiger partial charge is 0.326 e. The molecule has 0 aliphatic carbocycles. The van der Waals surface area contributed by atoms with Gasteiger partial charge in [-0.3, -0.25) is 47.9 Å². The maximum absolute atomic E-state index is 12.7. The molecule has 5 amide bonds. The van der Waals surface area contributed by atoms with Crippen molar-refractivity contribution in [1.82, 2.24) is 41.3 Å². The number of nitrogens with two attached hydrogens (primary N) is 1. The van der Waals surface area contributed by atoms with Crippen LogP contribution in [-0.2, 0) is 83.3 Å². The number of hydrogen-bond donors (Lipinski definition) is 8. The van der Waals surface area contributed by atoms with Crippen molar-refractivity contribution < 1.29 is 85.5 Å². The van der Waals surface area contributed by atoms with Crippen LogP contribution in [0.3, 0.4) is 0 Å². The zero-order valence-electron chi connectivity index (χ0n) is 51.3. The van der Waals surface area contributed by atoms with Gasteiger partial charge in [-0.2, -0.15) is 5.21 Å². The summed E-state index contributed by atoms with van der Waals surface area (Å²) >= 11 is 0. The number of primary amides is 1. The summed E-state index contributed by atoms with van der Waals surface area (Å²) in [5.74, 6) is -7.03. The van der Waals surface area contributed by atoms with Gasteiger partial charge in [0.15, 0.2) is 5.82 Å². The van der Waals surface area contributed by atoms with Crippen molar-refractivity contribution in [3.63, 3.8) is 0 Å². The maximum atomic E-state index is 12.7. The second-order valence-corrected chi connectivity index (χ2v) is 24.7. The van der Waals surface area contributed by atoms with Gasteiger partial charge in [0.05, 0.1) is 38.1 Å². The highest BCUT2D eigenvalue weighted by Crippen LogP contribution is 2.19. The van der Waals surface area contributed by atoms with E-state index in [9.17, 15) is 66.6 Å². The van der Waals surface area contributed by atoms with Crippen LogP contribution in [0.1, 0.15) is 213 Å². The fourth-order valence-corrected chi connectivity index (χ4v) is 9.96. The van der Waals surface area contributed by atoms with E-state index in [2.05, 4.69) is 41.3 Å². The molecule has 0 saturated heterocycles. The molecule has 0 spiro atoms. The number of ketones is 3. The largest absolute Gasteiger partial charge is 0.481 e. The number of carboxylic acid groups (broad SMARTS) is 2. The molecule has 0 fully saturated rings. The molecule has 0 bridgehead atoms. The number of unbranched alkanes of at least 4 members (excludes halogenated alkanes) is 13. The molecule has 0 aliphatic heterocycles. The number of nitrogens with one attached hydrogen (secondary N) is 5. The fraction of sp³-hybridized carbons (Fsp3) is 0.810. The van der Waals surface area contributed by atoms with E-state index >= 15 is 0 Å². The first-order valence-electron chi connectivity index (χ1n) is 30.7. The lowest BCUT2D eigenvalue weighted by molar-refractivity contribution is -0.145. The Labute approximate surface area is 507 Å². The van der Waals surface area contributed by atoms with Crippen molar-refractivity contribution in [2.75, 3.05) is 65.2 Å². The molecule has 0 aromatic carbocycles. The topological polar surface area (TPSA) is 411 Å². The number of aromatic nitrogens is 4. The molecule has 0 radical (unpaired) electrons. The van der Waals surface area contributed by atoms with Crippen molar-refractivity contribution in [2.24, 2.45) is 17.1 Å². The highest BCUT2D eigenvalue weighted by molar-refractivity contribution is 7.90. The molecule has 27 nitrogen and oxygen atoms in total. The van der Waals surface area contributed by atoms with Crippen LogP contribution < -0.4 is 26.4 Å². The minimum atomic E-state index is -3.86. The van der Waals surface area contributed by atoms with Gasteiger partial charge in [0.25, 0.3) is 0 Å². The number of aryl methyl sites for hydroxylation is 1. The molecule has 0 saturated carbocycles. The van der Waals surface area contributed by atoms with E-state index < -0.39 is 82.4 Å². The van der Waals surface area contributed by atoms with Crippen LogP contribution >= 0.6 is 0 Å². The summed E-state index contributed by atoms with van der Waals surface area (Å²) in [6.45, 7) is 6.04. The number of nitrogens with zero attached hydrogens (tertiary/aromatic N) is 3. The Morgan fingerprint density at radius 1 is 0.535 bits per heavy atom. The van der Waals surface area contributed by atoms with Gasteiger partial charge >= 0.3 is 11.9 Å². The first kappa shape index (κ1) is 78.2. The van der Waals surface area contributed by atoms with E-state index in [1.807, 2.05) is 20.8 Å². The molecular weight excluding hydrogens is 1140 g/mol. The SMILES string of the molecule is CC(C)(C)CC(=O)NCCCCC(NC(=O)COCCOCCCC(=O)CC[C@H](CC(=O)CC[C@@H](NC(=O)COCCOCCCC(=O)CCCS(=O)(=O)NC(=O)CCCCCCCCCCCCCCCc1nn[nH]n1)C(=O)O)C(=O)O)C(N)=O. The van der Waals surface area contributed by atoms with E-state index in [-0.39, 0.29) is 133 Å². The van der Waals surface area contributed by atoms with Crippen molar-refractivity contribution in [2.45, 2.75) is 225 Å². The maximum Gasteiger partial charge on any atom is 0.326 e. The van der Waals surface area contributed by atoms with Crippen molar-refractivity contribution >= 4 is 68.8 Å². The van der Waals surface area contributed by atoms with E-state index in [0.29, 0.717) is 51.5 Å². The molecule has 1 heterocycles. The molecule has 1 aromatic rings. The van der Waals surface area contributed by atoms with Crippen LogP contribution in [-0.4, -0.2) is 175 Å². The lowest BCUT2D eigenvalue weighted by atomic mass is 9.92. The lowest BCUT2D eigenvalue weighted by Crippen LogP contribution is -2.45. The molecule has 3 atom stereocenters. The second-order valence-electron chi connectivity index (χ2n) is 22.9. The monoisotopic (exact) mass is 1240 g/mol. The molecule has 1 unspecified atom stereocenters. The van der Waals surface area contributed by atoms with Crippen LogP contribution in [0.5, 0.6) is 0 Å². The summed E-state index contributed by atoms with van der Waals surface area (Å²) in [5, 5.41) is 40.9. The third kappa shape index (κ3) is 46.4. The predicted molar refractivity (Wildman–Crippen MR) is 316 cm³/mol. The van der Waals surface area contributed by atoms with Gasteiger partial charge in [-0.1, -0.05) is 96.6 Å². The molecule has 9 N–H and O–H groups in total. The van der Waals surface area contributed by atoms with Crippen LogP contribution in [0.4, 0.5) is 0 Å². The van der Waals surface area contributed by atoms with Crippen molar-refractivity contribution in [3.05, 3.63) is 5.82 Å². The van der Waals surface area contributed by atoms with Gasteiger partial charge in [0, 0.05) is 77.5 Å². The van der Waals surface area contributed by atoms with Gasteiger partial charge in [0.1, 0.15) is 42.6 Å². The Kier molecular flexibility index (Phi) is 43.8. The molecule has 1 rings (SSSR count). The van der Waals surface area contributed by atoms with Crippen LogP contribution in [0.15, 0.2) is 0 Å². The number of aromatic amines is 1. The predicted octanol–water partition coefficient (Wildman–Crippen LogP) is 4.68. The number of carbonyl (C=O) groups excluding carboxylic acids is 8. The lowest BCUT2D eigenvalue weighted by Gasteiger charge is -2.18. The van der Waals surface area contributed by atoms with Gasteiger partial charge in [-0.05, 0) is 69.6 Å². The number of sulfonamides is 1. The number of Topliss-reactive ketones (excluding diaryl/α,β-unsaturated/α-hetero) is 3. The Hall–Kier alpha value is -5.84. The van der Waals surface area contributed by atoms with Crippen molar-refractivity contribution in [3.8, 4) is 0 Å². The average molecular weight is 1240 g/mol. The molecule has 492 valence electrons. The van der Waals surface area contributed by atoms with Gasteiger partial charge in [-0.15, -0.1) is 10.2 Å². The average Bonchev–Trinajstić information content (AvgIpc) is 4.10. The summed E-state index contributed by atoms with van der Waals surface area (Å²) in [6.07, 6.45) is 16.8. The van der Waals surface area contributed by atoms with Crippen LogP contribution in [0, 0.1) is 11.3 Å². The quantitative estimate of drug-likeness (QED) is 0.0410. The summed E-state index contributed by atoms with van der Waals surface area (Å²) in [4.78, 5) is 122. The second kappa shape index (κ2) is 48.2. The first-order chi connectivity index (χ1) is 41.0. The number of rotatable bonds is 58. The number of H-pyrrole nitrogens is 1. The third-order valence-electron chi connectivity index (χ3n) is 13.6. The number of hydrogen-bond acceptors (Lipinski definition) is 19. The molecular formula is C58H101N9O18S. The number of carboxylic acids is 2. The van der Waals surface area contributed by atoms with E-state index in [0.717, 1.165) is 44.3 Å². The summed E-state index contributed by atoms with van der Waals surface area (Å²) in [7, 11) is -3.86. The van der Waals surface area contributed by atoms with E-state index in [1.165, 1.54) is 44.9 Å². The Morgan fingerprint density at radius 2 is 1.05 bits per heavy atom. The minimum absolute atomic E-state index is 0.0242. The minimum Gasteiger partial charge on any atom is -0.481 e. The number of amides is 5. The third-order valence-corrected chi connectivity index (χ3v) is 14.9. The Bertz CT molecular complexity index is 2250. The normalized spacial score (nSPS) is 12.6. The highest BCUT2D eigenvalue weighted by atomic mass is 32.2. The summed E-state index contributed by atoms with van der Waals surface area (Å²) in [5.41, 5.74) is 5.30. The van der Waals surface area contributed by atoms with E-state index in [4.69, 9.17) is 24.7 Å². The van der Waals surface area contributed by atoms with Gasteiger partial charge in [0.2, 0.25) is 39.6 Å². The van der Waals surface area contributed by atoms with Crippen molar-refractivity contribution in [1.29, 1.82) is 0 Å². The number of aliphatic carboxylic acids is 2. The van der Waals surface area contributed by atoms with Crippen LogP contribution in [0.25, 0.3) is 0 Å². The Morgan fingerprint density at radius 3 is 1.57 bits per heavy atom. The number of tetrazole rings is 1. The molecule has 86 heavy (non-hydrogen) atoms. The van der Waals surface area contributed by atoms with E-state index in [1.54, 1.807) is 0 Å². The Balaban J connectivity index is 2.10. The summed E-state index contributed by atoms with van der Waals surface area (Å²) < 4.78 is 48.3. The fourth-order valence-electron chi connectivity index (χ4n) is 8.89. The zero-order valence-corrected chi connectivity index (χ0v) is 52.1. The molecule has 28 heteroatoms. The standard InChI is InChI=1S/C58H101N9O18S/c1-58(2,3)41-52(72)60-32-18-17-25-48(55(59)75)61-53(73)42-84-37-35-83-34-20-23-46(69)29-28-44(56(76)77)40-47(70)30-31-49(57(78)79)62-54(74)43-85-38-36-82-33-19-22-45(68)24-21-39-86(80,81)65-51(71)27-16-14-12-10-8-6-4-5-7-9-11-13-15-26-50-63-66-67-64-50/h44,48-49H,4-43H2,1-3H3,(H2,59,75)(H,60,72)(H,61,73)(H,62,74)(H,65,71)(H,76,77)(H,78,79)(H,63,64,66,67)/t44-,48?,49-/m1/s1. The first-order valence-corrected chi connectivity index (χ1v) is 32.3. The number of ether oxygens (including phenoxy) is 4.